The molecule has 17 heavy (non-hydrogen) atoms. The molecule has 0 spiro atoms. The maximum Gasteiger partial charge on any atom is 0.338 e. The standard InChI is InChI=1S/C13H11NO3/c15-12-8-10-11(6-7-14(10)12)17-13(16)9-4-2-1-3-5-9/h1-7,10-11H,8H2/t10-,11?/m0/s1. The Hall–Kier alpha value is -2.10. The summed E-state index contributed by atoms with van der Waals surface area (Å²) in [5, 5.41) is 0. The summed E-state index contributed by atoms with van der Waals surface area (Å²) in [5.41, 5.74) is 0.532. The molecular formula is C13H11NO3. The Labute approximate surface area is 98.5 Å². The quantitative estimate of drug-likeness (QED) is 0.568. The van der Waals surface area contributed by atoms with Gasteiger partial charge in [-0.25, -0.2) is 4.79 Å². The summed E-state index contributed by atoms with van der Waals surface area (Å²) in [7, 11) is 0. The van der Waals surface area contributed by atoms with Crippen LogP contribution in [-0.4, -0.2) is 28.9 Å². The molecule has 1 unspecified atom stereocenters. The van der Waals surface area contributed by atoms with E-state index in [1.54, 1.807) is 41.4 Å². The summed E-state index contributed by atoms with van der Waals surface area (Å²) in [6.07, 6.45) is 3.61. The van der Waals surface area contributed by atoms with E-state index < -0.39 is 0 Å². The van der Waals surface area contributed by atoms with E-state index in [0.717, 1.165) is 0 Å². The van der Waals surface area contributed by atoms with Crippen LogP contribution in [0.15, 0.2) is 42.6 Å². The zero-order chi connectivity index (χ0) is 11.8. The Bertz CT molecular complexity index is 495. The third kappa shape index (κ3) is 1.62. The zero-order valence-corrected chi connectivity index (χ0v) is 9.08. The summed E-state index contributed by atoms with van der Waals surface area (Å²) in [4.78, 5) is 24.6. The first-order valence-electron chi connectivity index (χ1n) is 5.51. The molecule has 0 aliphatic carbocycles. The first-order valence-corrected chi connectivity index (χ1v) is 5.51. The van der Waals surface area contributed by atoms with Crippen LogP contribution in [0, 0.1) is 0 Å². The number of β-lactam (4-membered cyclic amide) rings is 1. The predicted molar refractivity (Wildman–Crippen MR) is 60.0 cm³/mol. The normalized spacial score (nSPS) is 25.4. The maximum absolute atomic E-state index is 11.8. The van der Waals surface area contributed by atoms with Gasteiger partial charge in [0.15, 0.2) is 0 Å². The van der Waals surface area contributed by atoms with Crippen molar-refractivity contribution in [3.05, 3.63) is 48.2 Å². The van der Waals surface area contributed by atoms with Crippen LogP contribution in [0.4, 0.5) is 0 Å². The number of hydrogen-bond acceptors (Lipinski definition) is 3. The second kappa shape index (κ2) is 3.73. The van der Waals surface area contributed by atoms with E-state index in [0.29, 0.717) is 12.0 Å². The van der Waals surface area contributed by atoms with E-state index in [1.807, 2.05) is 6.07 Å². The molecule has 0 bridgehead atoms. The van der Waals surface area contributed by atoms with Gasteiger partial charge in [0.05, 0.1) is 18.0 Å². The Balaban J connectivity index is 1.67. The Morgan fingerprint density at radius 3 is 2.71 bits per heavy atom. The van der Waals surface area contributed by atoms with Crippen molar-refractivity contribution in [2.75, 3.05) is 0 Å². The number of hydrogen-bond donors (Lipinski definition) is 0. The lowest BCUT2D eigenvalue weighted by atomic mass is 10.0. The first kappa shape index (κ1) is 10.1. The second-order valence-corrected chi connectivity index (χ2v) is 4.15. The van der Waals surface area contributed by atoms with Crippen LogP contribution >= 0.6 is 0 Å². The fourth-order valence-corrected chi connectivity index (χ4v) is 2.11. The molecule has 0 saturated carbocycles. The van der Waals surface area contributed by atoms with Crippen LogP contribution < -0.4 is 0 Å². The lowest BCUT2D eigenvalue weighted by molar-refractivity contribution is -0.143. The predicted octanol–water partition coefficient (Wildman–Crippen LogP) is 1.34. The monoisotopic (exact) mass is 229 g/mol. The number of benzene rings is 1. The molecule has 1 aromatic carbocycles. The number of carbonyl (C=O) groups excluding carboxylic acids is 2. The molecule has 1 aromatic rings. The van der Waals surface area contributed by atoms with Crippen LogP contribution in [0.1, 0.15) is 16.8 Å². The summed E-state index contributed by atoms with van der Waals surface area (Å²) < 4.78 is 5.36. The van der Waals surface area contributed by atoms with Crippen molar-refractivity contribution in [3.63, 3.8) is 0 Å². The van der Waals surface area contributed by atoms with E-state index in [2.05, 4.69) is 0 Å². The third-order valence-corrected chi connectivity index (χ3v) is 3.10. The molecule has 0 radical (unpaired) electrons. The molecule has 3 rings (SSSR count). The molecule has 2 atom stereocenters. The zero-order valence-electron chi connectivity index (χ0n) is 9.08. The van der Waals surface area contributed by atoms with Gasteiger partial charge in [-0.3, -0.25) is 4.79 Å². The average Bonchev–Trinajstić information content (AvgIpc) is 2.67. The Morgan fingerprint density at radius 2 is 2.06 bits per heavy atom. The summed E-state index contributed by atoms with van der Waals surface area (Å²) in [6.45, 7) is 0. The van der Waals surface area contributed by atoms with Crippen LogP contribution in [0.5, 0.6) is 0 Å². The van der Waals surface area contributed by atoms with Gasteiger partial charge in [-0.05, 0) is 18.2 Å². The summed E-state index contributed by atoms with van der Waals surface area (Å²) >= 11 is 0. The maximum atomic E-state index is 11.8. The van der Waals surface area contributed by atoms with E-state index in [9.17, 15) is 9.59 Å². The van der Waals surface area contributed by atoms with Crippen molar-refractivity contribution in [1.29, 1.82) is 0 Å². The van der Waals surface area contributed by atoms with Crippen molar-refractivity contribution in [1.82, 2.24) is 4.90 Å². The number of rotatable bonds is 2. The highest BCUT2D eigenvalue weighted by molar-refractivity contribution is 5.90. The minimum atomic E-state index is -0.346. The third-order valence-electron chi connectivity index (χ3n) is 3.10. The smallest absolute Gasteiger partial charge is 0.338 e. The second-order valence-electron chi connectivity index (χ2n) is 4.15. The van der Waals surface area contributed by atoms with Gasteiger partial charge in [-0.2, -0.15) is 0 Å². The van der Waals surface area contributed by atoms with Gasteiger partial charge in [-0.1, -0.05) is 18.2 Å². The molecule has 1 saturated heterocycles. The van der Waals surface area contributed by atoms with Gasteiger partial charge in [0.1, 0.15) is 6.10 Å². The Morgan fingerprint density at radius 1 is 1.29 bits per heavy atom. The average molecular weight is 229 g/mol. The highest BCUT2D eigenvalue weighted by Gasteiger charge is 2.44. The van der Waals surface area contributed by atoms with Gasteiger partial charge in [0.25, 0.3) is 0 Å². The van der Waals surface area contributed by atoms with E-state index in [-0.39, 0.29) is 24.0 Å². The van der Waals surface area contributed by atoms with E-state index in [4.69, 9.17) is 4.74 Å². The van der Waals surface area contributed by atoms with Crippen LogP contribution in [0.2, 0.25) is 0 Å². The molecule has 0 N–H and O–H groups in total. The molecule has 0 aromatic heterocycles. The molecule has 2 heterocycles. The van der Waals surface area contributed by atoms with Gasteiger partial charge in [-0.15, -0.1) is 0 Å². The molecule has 1 fully saturated rings. The fourth-order valence-electron chi connectivity index (χ4n) is 2.11. The van der Waals surface area contributed by atoms with Crippen LogP contribution in [0.25, 0.3) is 0 Å². The van der Waals surface area contributed by atoms with Crippen molar-refractivity contribution in [2.45, 2.75) is 18.6 Å². The topological polar surface area (TPSA) is 46.6 Å². The van der Waals surface area contributed by atoms with Crippen LogP contribution in [0.3, 0.4) is 0 Å². The molecule has 4 heteroatoms. The van der Waals surface area contributed by atoms with Gasteiger partial charge in [0.2, 0.25) is 5.91 Å². The van der Waals surface area contributed by atoms with Crippen LogP contribution in [-0.2, 0) is 9.53 Å². The number of esters is 1. The minimum absolute atomic E-state index is 0.00941. The highest BCUT2D eigenvalue weighted by atomic mass is 16.5. The van der Waals surface area contributed by atoms with E-state index in [1.165, 1.54) is 0 Å². The lowest BCUT2D eigenvalue weighted by Crippen LogP contribution is -2.52. The Kier molecular flexibility index (Phi) is 2.21. The molecule has 2 aliphatic heterocycles. The number of fused-ring (bicyclic) bond motifs is 1. The van der Waals surface area contributed by atoms with E-state index >= 15 is 0 Å². The van der Waals surface area contributed by atoms with Crippen molar-refractivity contribution < 1.29 is 14.3 Å². The van der Waals surface area contributed by atoms with Gasteiger partial charge >= 0.3 is 5.97 Å². The SMILES string of the molecule is O=C(OC1C=CN2C(=O)C[C@@H]12)c1ccccc1. The van der Waals surface area contributed by atoms with Crippen molar-refractivity contribution in [3.8, 4) is 0 Å². The van der Waals surface area contributed by atoms with Gasteiger partial charge < -0.3 is 9.64 Å². The highest BCUT2D eigenvalue weighted by Crippen LogP contribution is 2.30. The molecular weight excluding hydrogens is 218 g/mol. The number of nitrogens with zero attached hydrogens (tertiary/aromatic N) is 1. The largest absolute Gasteiger partial charge is 0.452 e. The summed E-state index contributed by atoms with van der Waals surface area (Å²) in [6, 6.07) is 8.87. The molecule has 1 amide bonds. The molecule has 4 nitrogen and oxygen atoms in total. The summed E-state index contributed by atoms with van der Waals surface area (Å²) in [5.74, 6) is -0.258. The minimum Gasteiger partial charge on any atom is -0.452 e. The fraction of sp³-hybridized carbons (Fsp3) is 0.231. The molecule has 2 aliphatic rings. The number of amides is 1. The van der Waals surface area contributed by atoms with Gasteiger partial charge in [0, 0.05) is 6.20 Å². The first-order chi connectivity index (χ1) is 8.25. The molecule has 86 valence electrons. The van der Waals surface area contributed by atoms with Crippen molar-refractivity contribution >= 4 is 11.9 Å². The number of ether oxygens (including phenoxy) is 1. The lowest BCUT2D eigenvalue weighted by Gasteiger charge is -2.36. The van der Waals surface area contributed by atoms with Crippen molar-refractivity contribution in [2.24, 2.45) is 0 Å². The number of carbonyl (C=O) groups is 2.